The van der Waals surface area contributed by atoms with Crippen molar-refractivity contribution >= 4 is 5.84 Å². The summed E-state index contributed by atoms with van der Waals surface area (Å²) in [5.74, 6) is 1.98. The van der Waals surface area contributed by atoms with Gasteiger partial charge in [-0.3, -0.25) is 0 Å². The quantitative estimate of drug-likeness (QED) is 0.243. The average Bonchev–Trinajstić information content (AvgIpc) is 3.36. The first-order valence-electron chi connectivity index (χ1n) is 9.66. The molecule has 3 heterocycles. The highest BCUT2D eigenvalue weighted by atomic mass is 16.6. The Labute approximate surface area is 188 Å². The minimum atomic E-state index is 0.00810. The van der Waals surface area contributed by atoms with E-state index in [-0.39, 0.29) is 23.3 Å². The van der Waals surface area contributed by atoms with E-state index in [0.29, 0.717) is 34.2 Å². The standard InChI is InChI=1S/C22H20N6O5/c1-29-14-9-5-11-24-17(14)20(23)27-32-19-13(7-4-8-16(19)31-3)22-26-21(28-33-22)18-15(30-2)10-6-12-25-18/h4-12H,1-3H3,(H2,23,27). The van der Waals surface area contributed by atoms with Crippen molar-refractivity contribution in [3.8, 4) is 46.0 Å². The van der Waals surface area contributed by atoms with E-state index in [1.807, 2.05) is 0 Å². The van der Waals surface area contributed by atoms with Gasteiger partial charge in [0.25, 0.3) is 5.89 Å². The van der Waals surface area contributed by atoms with Crippen LogP contribution in [0.3, 0.4) is 0 Å². The Morgan fingerprint density at radius 2 is 1.58 bits per heavy atom. The number of nitrogens with zero attached hydrogens (tertiary/aromatic N) is 5. The Kier molecular flexibility index (Phi) is 6.30. The Balaban J connectivity index is 1.71. The van der Waals surface area contributed by atoms with Crippen LogP contribution in [0.1, 0.15) is 5.69 Å². The molecule has 0 saturated heterocycles. The third-order valence-corrected chi connectivity index (χ3v) is 4.53. The average molecular weight is 448 g/mol. The molecule has 2 N–H and O–H groups in total. The molecule has 4 aromatic rings. The van der Waals surface area contributed by atoms with Gasteiger partial charge in [-0.1, -0.05) is 16.4 Å². The summed E-state index contributed by atoms with van der Waals surface area (Å²) in [7, 11) is 4.55. The summed E-state index contributed by atoms with van der Waals surface area (Å²) in [5.41, 5.74) is 7.28. The lowest BCUT2D eigenvalue weighted by Crippen LogP contribution is -2.17. The van der Waals surface area contributed by atoms with E-state index < -0.39 is 0 Å². The predicted octanol–water partition coefficient (Wildman–Crippen LogP) is 2.92. The van der Waals surface area contributed by atoms with Crippen LogP contribution in [0.4, 0.5) is 0 Å². The molecule has 33 heavy (non-hydrogen) atoms. The number of benzene rings is 1. The fourth-order valence-corrected chi connectivity index (χ4v) is 2.98. The van der Waals surface area contributed by atoms with Crippen molar-refractivity contribution in [2.24, 2.45) is 10.9 Å². The number of aromatic nitrogens is 4. The molecule has 1 aromatic carbocycles. The van der Waals surface area contributed by atoms with E-state index in [4.69, 9.17) is 29.3 Å². The van der Waals surface area contributed by atoms with Crippen LogP contribution >= 0.6 is 0 Å². The van der Waals surface area contributed by atoms with Crippen LogP contribution in [0.25, 0.3) is 23.0 Å². The van der Waals surface area contributed by atoms with Gasteiger partial charge in [-0.15, -0.1) is 0 Å². The van der Waals surface area contributed by atoms with Gasteiger partial charge >= 0.3 is 0 Å². The number of nitrogens with two attached hydrogens (primary N) is 1. The Morgan fingerprint density at radius 3 is 2.33 bits per heavy atom. The molecule has 0 fully saturated rings. The van der Waals surface area contributed by atoms with Crippen molar-refractivity contribution in [2.75, 3.05) is 21.3 Å². The molecule has 0 aliphatic heterocycles. The fourth-order valence-electron chi connectivity index (χ4n) is 2.98. The zero-order valence-electron chi connectivity index (χ0n) is 18.1. The maximum Gasteiger partial charge on any atom is 0.262 e. The number of rotatable bonds is 8. The molecule has 4 rings (SSSR count). The van der Waals surface area contributed by atoms with E-state index in [1.54, 1.807) is 54.9 Å². The van der Waals surface area contributed by atoms with E-state index in [0.717, 1.165) is 0 Å². The molecule has 168 valence electrons. The molecule has 11 nitrogen and oxygen atoms in total. The molecule has 11 heteroatoms. The minimum absolute atomic E-state index is 0.00810. The van der Waals surface area contributed by atoms with Gasteiger partial charge in [0.05, 0.1) is 26.9 Å². The number of methoxy groups -OCH3 is 3. The van der Waals surface area contributed by atoms with Crippen LogP contribution in [0, 0.1) is 0 Å². The molecule has 0 saturated carbocycles. The van der Waals surface area contributed by atoms with Gasteiger partial charge in [0, 0.05) is 12.4 Å². The van der Waals surface area contributed by atoms with Gasteiger partial charge < -0.3 is 29.3 Å². The number of ether oxygens (including phenoxy) is 3. The first-order valence-corrected chi connectivity index (χ1v) is 9.66. The molecule has 0 atom stereocenters. The van der Waals surface area contributed by atoms with Gasteiger partial charge in [0.2, 0.25) is 11.6 Å². The summed E-state index contributed by atoms with van der Waals surface area (Å²) in [6.07, 6.45) is 3.18. The van der Waals surface area contributed by atoms with Crippen LogP contribution in [0.15, 0.2) is 64.5 Å². The zero-order valence-corrected chi connectivity index (χ0v) is 18.1. The number of oxime groups is 1. The van der Waals surface area contributed by atoms with E-state index >= 15 is 0 Å². The Hall–Kier alpha value is -4.67. The van der Waals surface area contributed by atoms with Gasteiger partial charge in [0.1, 0.15) is 11.5 Å². The van der Waals surface area contributed by atoms with Gasteiger partial charge in [-0.25, -0.2) is 9.97 Å². The molecule has 0 unspecified atom stereocenters. The van der Waals surface area contributed by atoms with Crippen LogP contribution in [-0.2, 0) is 0 Å². The first kappa shape index (κ1) is 21.6. The van der Waals surface area contributed by atoms with Gasteiger partial charge in [0.15, 0.2) is 23.0 Å². The van der Waals surface area contributed by atoms with E-state index in [9.17, 15) is 0 Å². The molecule has 0 spiro atoms. The smallest absolute Gasteiger partial charge is 0.262 e. The number of hydrogen-bond acceptors (Lipinski definition) is 10. The second-order valence-electron chi connectivity index (χ2n) is 6.44. The molecule has 0 amide bonds. The zero-order chi connectivity index (χ0) is 23.2. The largest absolute Gasteiger partial charge is 0.494 e. The van der Waals surface area contributed by atoms with Gasteiger partial charge in [-0.2, -0.15) is 4.98 Å². The summed E-state index contributed by atoms with van der Waals surface area (Å²) in [5, 5.41) is 8.03. The summed E-state index contributed by atoms with van der Waals surface area (Å²) in [4.78, 5) is 18.6. The van der Waals surface area contributed by atoms with Crippen molar-refractivity contribution in [1.82, 2.24) is 20.1 Å². The van der Waals surface area contributed by atoms with Crippen LogP contribution < -0.4 is 24.8 Å². The van der Waals surface area contributed by atoms with Crippen molar-refractivity contribution in [3.05, 3.63) is 60.6 Å². The summed E-state index contributed by atoms with van der Waals surface area (Å²) < 4.78 is 21.5. The topological polar surface area (TPSA) is 140 Å². The number of para-hydroxylation sites is 1. The first-order chi connectivity index (χ1) is 16.2. The highest BCUT2D eigenvalue weighted by Crippen LogP contribution is 2.38. The predicted molar refractivity (Wildman–Crippen MR) is 118 cm³/mol. The highest BCUT2D eigenvalue weighted by Gasteiger charge is 2.21. The third kappa shape index (κ3) is 4.37. The summed E-state index contributed by atoms with van der Waals surface area (Å²) >= 11 is 0. The lowest BCUT2D eigenvalue weighted by atomic mass is 10.2. The minimum Gasteiger partial charge on any atom is -0.494 e. The molecular formula is C22H20N6O5. The molecular weight excluding hydrogens is 428 g/mol. The molecule has 0 radical (unpaired) electrons. The van der Waals surface area contributed by atoms with Crippen molar-refractivity contribution in [3.63, 3.8) is 0 Å². The highest BCUT2D eigenvalue weighted by molar-refractivity contribution is 5.97. The Bertz CT molecular complexity index is 1290. The van der Waals surface area contributed by atoms with Crippen LogP contribution in [-0.4, -0.2) is 47.3 Å². The van der Waals surface area contributed by atoms with Crippen LogP contribution in [0.2, 0.25) is 0 Å². The SMILES string of the molecule is COc1cccnc1C(N)=NOc1c(OC)cccc1-c1nc(-c2ncccc2OC)no1. The van der Waals surface area contributed by atoms with Crippen molar-refractivity contribution in [1.29, 1.82) is 0 Å². The van der Waals surface area contributed by atoms with Crippen LogP contribution in [0.5, 0.6) is 23.0 Å². The Morgan fingerprint density at radius 1 is 0.879 bits per heavy atom. The molecule has 0 aliphatic rings. The lowest BCUT2D eigenvalue weighted by Gasteiger charge is -2.10. The maximum atomic E-state index is 6.08. The second-order valence-corrected chi connectivity index (χ2v) is 6.44. The summed E-state index contributed by atoms with van der Waals surface area (Å²) in [6, 6.07) is 12.1. The maximum absolute atomic E-state index is 6.08. The number of amidine groups is 1. The van der Waals surface area contributed by atoms with E-state index in [2.05, 4.69) is 25.3 Å². The molecule has 3 aromatic heterocycles. The van der Waals surface area contributed by atoms with Crippen molar-refractivity contribution in [2.45, 2.75) is 0 Å². The number of pyridine rings is 2. The number of hydrogen-bond donors (Lipinski definition) is 1. The van der Waals surface area contributed by atoms with Gasteiger partial charge in [-0.05, 0) is 36.4 Å². The lowest BCUT2D eigenvalue weighted by molar-refractivity contribution is 0.310. The fraction of sp³-hybridized carbons (Fsp3) is 0.136. The molecule has 0 aliphatic carbocycles. The normalized spacial score (nSPS) is 11.2. The molecule has 0 bridgehead atoms. The van der Waals surface area contributed by atoms with Crippen molar-refractivity contribution < 1.29 is 23.6 Å². The third-order valence-electron chi connectivity index (χ3n) is 4.53. The van der Waals surface area contributed by atoms with E-state index in [1.165, 1.54) is 21.3 Å². The summed E-state index contributed by atoms with van der Waals surface area (Å²) in [6.45, 7) is 0. The monoisotopic (exact) mass is 448 g/mol. The second kappa shape index (κ2) is 9.64.